The zero-order chi connectivity index (χ0) is 12.9. The van der Waals surface area contributed by atoms with Gasteiger partial charge in [0.2, 0.25) is 0 Å². The molecule has 2 unspecified atom stereocenters. The van der Waals surface area contributed by atoms with Gasteiger partial charge in [-0.15, -0.1) is 0 Å². The Bertz CT molecular complexity index is 207. The molecule has 0 bridgehead atoms. The van der Waals surface area contributed by atoms with Gasteiger partial charge in [0.25, 0.3) is 0 Å². The van der Waals surface area contributed by atoms with Gasteiger partial charge in [-0.3, -0.25) is 0 Å². The van der Waals surface area contributed by atoms with Crippen LogP contribution in [0.5, 0.6) is 0 Å². The molecule has 0 saturated carbocycles. The van der Waals surface area contributed by atoms with Gasteiger partial charge < -0.3 is 10.2 Å². The number of nitrogens with zero attached hydrogens (tertiary/aromatic N) is 1. The van der Waals surface area contributed by atoms with Crippen molar-refractivity contribution < 1.29 is 0 Å². The van der Waals surface area contributed by atoms with Crippen LogP contribution in [0.25, 0.3) is 0 Å². The second-order valence-electron chi connectivity index (χ2n) is 6.62. The summed E-state index contributed by atoms with van der Waals surface area (Å²) >= 11 is 0. The number of hydrogen-bond acceptors (Lipinski definition) is 2. The molecule has 2 nitrogen and oxygen atoms in total. The largest absolute Gasteiger partial charge is 0.319 e. The van der Waals surface area contributed by atoms with Gasteiger partial charge in [-0.2, -0.15) is 0 Å². The molecule has 0 aromatic rings. The summed E-state index contributed by atoms with van der Waals surface area (Å²) in [5, 5.41) is 3.37. The molecule has 0 aromatic heterocycles. The first-order valence-corrected chi connectivity index (χ1v) is 7.37. The highest BCUT2D eigenvalue weighted by atomic mass is 15.2. The van der Waals surface area contributed by atoms with Crippen LogP contribution in [0, 0.1) is 17.3 Å². The van der Waals surface area contributed by atoms with Crippen LogP contribution in [0.4, 0.5) is 0 Å². The maximum absolute atomic E-state index is 3.37. The molecule has 1 aliphatic heterocycles. The summed E-state index contributed by atoms with van der Waals surface area (Å²) in [5.41, 5.74) is 0.454. The third-order valence-corrected chi connectivity index (χ3v) is 4.31. The van der Waals surface area contributed by atoms with E-state index in [-0.39, 0.29) is 0 Å². The van der Waals surface area contributed by atoms with Crippen molar-refractivity contribution in [2.45, 2.75) is 47.0 Å². The Morgan fingerprint density at radius 1 is 1.41 bits per heavy atom. The minimum atomic E-state index is 0.454. The van der Waals surface area contributed by atoms with E-state index >= 15 is 0 Å². The molecular weight excluding hydrogens is 208 g/mol. The van der Waals surface area contributed by atoms with Crippen molar-refractivity contribution >= 4 is 0 Å². The molecule has 2 atom stereocenters. The molecule has 1 saturated heterocycles. The average Bonchev–Trinajstić information content (AvgIpc) is 2.66. The second-order valence-corrected chi connectivity index (χ2v) is 6.62. The monoisotopic (exact) mass is 240 g/mol. The Balaban J connectivity index is 2.46. The van der Waals surface area contributed by atoms with E-state index in [9.17, 15) is 0 Å². The maximum atomic E-state index is 3.37. The van der Waals surface area contributed by atoms with Crippen LogP contribution in [-0.4, -0.2) is 38.1 Å². The van der Waals surface area contributed by atoms with E-state index in [1.165, 1.54) is 38.9 Å². The quantitative estimate of drug-likeness (QED) is 0.736. The number of hydrogen-bond donors (Lipinski definition) is 1. The lowest BCUT2D eigenvalue weighted by Crippen LogP contribution is -2.41. The lowest BCUT2D eigenvalue weighted by Gasteiger charge is -2.34. The van der Waals surface area contributed by atoms with E-state index in [1.807, 2.05) is 0 Å². The summed E-state index contributed by atoms with van der Waals surface area (Å²) in [4.78, 5) is 2.69. The summed E-state index contributed by atoms with van der Waals surface area (Å²) < 4.78 is 0. The summed E-state index contributed by atoms with van der Waals surface area (Å²) in [6.07, 6.45) is 4.02. The van der Waals surface area contributed by atoms with E-state index in [1.54, 1.807) is 0 Å². The van der Waals surface area contributed by atoms with E-state index in [0.29, 0.717) is 5.41 Å². The average molecular weight is 240 g/mol. The van der Waals surface area contributed by atoms with Crippen LogP contribution < -0.4 is 5.32 Å². The normalized spacial score (nSPS) is 25.4. The van der Waals surface area contributed by atoms with E-state index < -0.39 is 0 Å². The number of likely N-dealkylation sites (tertiary alicyclic amines) is 1. The zero-order valence-corrected chi connectivity index (χ0v) is 12.6. The maximum Gasteiger partial charge on any atom is 0.00476 e. The molecule has 0 aromatic carbocycles. The van der Waals surface area contributed by atoms with Crippen LogP contribution in [0.3, 0.4) is 0 Å². The minimum Gasteiger partial charge on any atom is -0.319 e. The molecule has 0 aliphatic carbocycles. The number of rotatable bonds is 7. The molecule has 17 heavy (non-hydrogen) atoms. The first-order valence-electron chi connectivity index (χ1n) is 7.37. The van der Waals surface area contributed by atoms with Gasteiger partial charge in [-0.05, 0) is 43.7 Å². The van der Waals surface area contributed by atoms with E-state index in [2.05, 4.69) is 45.0 Å². The van der Waals surface area contributed by atoms with E-state index in [0.717, 1.165) is 18.4 Å². The fourth-order valence-electron chi connectivity index (χ4n) is 3.34. The summed E-state index contributed by atoms with van der Waals surface area (Å²) in [5.74, 6) is 1.78. The molecule has 1 heterocycles. The van der Waals surface area contributed by atoms with Crippen molar-refractivity contribution in [3.05, 3.63) is 0 Å². The molecule has 0 amide bonds. The van der Waals surface area contributed by atoms with Crippen molar-refractivity contribution in [1.29, 1.82) is 0 Å². The van der Waals surface area contributed by atoms with Crippen LogP contribution in [-0.2, 0) is 0 Å². The lowest BCUT2D eigenvalue weighted by molar-refractivity contribution is 0.168. The fraction of sp³-hybridized carbons (Fsp3) is 1.00. The van der Waals surface area contributed by atoms with Crippen LogP contribution in [0.15, 0.2) is 0 Å². The van der Waals surface area contributed by atoms with Gasteiger partial charge in [0.1, 0.15) is 0 Å². The topological polar surface area (TPSA) is 15.3 Å². The van der Waals surface area contributed by atoms with Crippen molar-refractivity contribution in [2.75, 3.05) is 33.2 Å². The minimum absolute atomic E-state index is 0.454. The Morgan fingerprint density at radius 3 is 2.59 bits per heavy atom. The van der Waals surface area contributed by atoms with Crippen molar-refractivity contribution in [1.82, 2.24) is 10.2 Å². The van der Waals surface area contributed by atoms with Crippen molar-refractivity contribution in [3.63, 3.8) is 0 Å². The van der Waals surface area contributed by atoms with Gasteiger partial charge in [0, 0.05) is 19.6 Å². The predicted molar refractivity (Wildman–Crippen MR) is 76.3 cm³/mol. The molecule has 102 valence electrons. The Hall–Kier alpha value is -0.0800. The molecule has 1 rings (SSSR count). The smallest absolute Gasteiger partial charge is 0.00476 e. The first kappa shape index (κ1) is 15.0. The summed E-state index contributed by atoms with van der Waals surface area (Å²) in [6, 6.07) is 0. The summed E-state index contributed by atoms with van der Waals surface area (Å²) in [7, 11) is 2.08. The highest BCUT2D eigenvalue weighted by Gasteiger charge is 2.31. The second kappa shape index (κ2) is 6.75. The van der Waals surface area contributed by atoms with Crippen molar-refractivity contribution in [3.8, 4) is 0 Å². The van der Waals surface area contributed by atoms with Gasteiger partial charge in [0.05, 0.1) is 0 Å². The predicted octanol–water partition coefficient (Wildman–Crippen LogP) is 2.99. The SMILES string of the molecule is CCCC(C)(CNC)CN1CCC(C(C)C)C1. The third-order valence-electron chi connectivity index (χ3n) is 4.31. The summed E-state index contributed by atoms with van der Waals surface area (Å²) in [6.45, 7) is 14.5. The Labute approximate surface area is 108 Å². The fourth-order valence-corrected chi connectivity index (χ4v) is 3.34. The van der Waals surface area contributed by atoms with Crippen LogP contribution >= 0.6 is 0 Å². The molecule has 2 heteroatoms. The lowest BCUT2D eigenvalue weighted by atomic mass is 9.85. The molecule has 1 aliphatic rings. The van der Waals surface area contributed by atoms with Gasteiger partial charge >= 0.3 is 0 Å². The standard InChI is InChI=1S/C15H32N2/c1-6-8-15(4,11-16-5)12-17-9-7-14(10-17)13(2)3/h13-14,16H,6-12H2,1-5H3. The van der Waals surface area contributed by atoms with Crippen molar-refractivity contribution in [2.24, 2.45) is 17.3 Å². The van der Waals surface area contributed by atoms with E-state index in [4.69, 9.17) is 0 Å². The Morgan fingerprint density at radius 2 is 2.12 bits per heavy atom. The molecule has 0 radical (unpaired) electrons. The molecular formula is C15H32N2. The number of nitrogens with one attached hydrogen (secondary N) is 1. The molecule has 1 N–H and O–H groups in total. The van der Waals surface area contributed by atoms with Crippen LogP contribution in [0.1, 0.15) is 47.0 Å². The Kier molecular flexibility index (Phi) is 5.94. The highest BCUT2D eigenvalue weighted by Crippen LogP contribution is 2.29. The van der Waals surface area contributed by atoms with Crippen LogP contribution in [0.2, 0.25) is 0 Å². The third kappa shape index (κ3) is 4.59. The van der Waals surface area contributed by atoms with Gasteiger partial charge in [-0.1, -0.05) is 34.1 Å². The van der Waals surface area contributed by atoms with Gasteiger partial charge in [-0.25, -0.2) is 0 Å². The highest BCUT2D eigenvalue weighted by molar-refractivity contribution is 4.85. The zero-order valence-electron chi connectivity index (χ0n) is 12.6. The van der Waals surface area contributed by atoms with Gasteiger partial charge in [0.15, 0.2) is 0 Å². The molecule has 0 spiro atoms. The first-order chi connectivity index (χ1) is 8.00. The molecule has 1 fully saturated rings.